The maximum Gasteiger partial charge on any atom is 0.263 e. The minimum atomic E-state index is -0.470. The van der Waals surface area contributed by atoms with E-state index in [4.69, 9.17) is 22.7 Å². The van der Waals surface area contributed by atoms with Gasteiger partial charge in [0.25, 0.3) is 5.91 Å². The Balaban J connectivity index is 1.86. The van der Waals surface area contributed by atoms with E-state index in [1.807, 2.05) is 0 Å². The third-order valence-corrected chi connectivity index (χ3v) is 2.74. The number of carbonyl (C=O) groups excluding carboxylic acids is 1. The molecular formula is C14H12FN3O2S. The zero-order valence-corrected chi connectivity index (χ0v) is 11.7. The van der Waals surface area contributed by atoms with Gasteiger partial charge in [0.2, 0.25) is 0 Å². The second-order valence-electron chi connectivity index (χ2n) is 4.09. The molecule has 1 amide bonds. The van der Waals surface area contributed by atoms with Crippen LogP contribution in [0.4, 0.5) is 10.2 Å². The second kappa shape index (κ2) is 6.76. The van der Waals surface area contributed by atoms with E-state index in [0.29, 0.717) is 10.7 Å². The Morgan fingerprint density at radius 2 is 2.00 bits per heavy atom. The van der Waals surface area contributed by atoms with Crippen LogP contribution in [0.5, 0.6) is 5.75 Å². The van der Waals surface area contributed by atoms with Gasteiger partial charge in [-0.15, -0.1) is 0 Å². The van der Waals surface area contributed by atoms with Crippen LogP contribution in [0, 0.1) is 5.82 Å². The second-order valence-corrected chi connectivity index (χ2v) is 4.53. The minimum Gasteiger partial charge on any atom is -0.484 e. The van der Waals surface area contributed by atoms with Gasteiger partial charge < -0.3 is 15.8 Å². The standard InChI is InChI=1S/C14H12FN3O2S/c15-10-3-6-12(17-7-10)18-13(19)8-20-11-4-1-9(2-5-11)14(16)21/h1-7H,8H2,(H2,16,21)(H,17,18,19). The van der Waals surface area contributed by atoms with E-state index in [-0.39, 0.29) is 12.4 Å². The molecule has 5 nitrogen and oxygen atoms in total. The van der Waals surface area contributed by atoms with Gasteiger partial charge in [0.1, 0.15) is 22.4 Å². The lowest BCUT2D eigenvalue weighted by Crippen LogP contribution is -2.20. The molecule has 0 saturated heterocycles. The lowest BCUT2D eigenvalue weighted by molar-refractivity contribution is -0.118. The highest BCUT2D eigenvalue weighted by Gasteiger charge is 2.05. The number of nitrogens with one attached hydrogen (secondary N) is 1. The summed E-state index contributed by atoms with van der Waals surface area (Å²) in [5, 5.41) is 2.49. The molecular weight excluding hydrogens is 293 g/mol. The smallest absolute Gasteiger partial charge is 0.263 e. The van der Waals surface area contributed by atoms with Gasteiger partial charge in [0, 0.05) is 5.56 Å². The first kappa shape index (κ1) is 14.9. The van der Waals surface area contributed by atoms with E-state index in [1.54, 1.807) is 24.3 Å². The number of nitrogens with zero attached hydrogens (tertiary/aromatic N) is 1. The number of amides is 1. The molecule has 7 heteroatoms. The van der Waals surface area contributed by atoms with Crippen LogP contribution in [0.3, 0.4) is 0 Å². The normalized spacial score (nSPS) is 9.95. The average molecular weight is 305 g/mol. The third-order valence-electron chi connectivity index (χ3n) is 2.50. The van der Waals surface area contributed by atoms with Gasteiger partial charge in [-0.05, 0) is 36.4 Å². The highest BCUT2D eigenvalue weighted by molar-refractivity contribution is 7.80. The topological polar surface area (TPSA) is 77.2 Å². The largest absolute Gasteiger partial charge is 0.484 e. The Morgan fingerprint density at radius 1 is 1.29 bits per heavy atom. The molecule has 0 unspecified atom stereocenters. The van der Waals surface area contributed by atoms with Crippen molar-refractivity contribution in [3.8, 4) is 5.75 Å². The molecule has 2 rings (SSSR count). The maximum absolute atomic E-state index is 12.7. The Labute approximate surface area is 125 Å². The highest BCUT2D eigenvalue weighted by Crippen LogP contribution is 2.12. The number of ether oxygens (including phenoxy) is 1. The fourth-order valence-electron chi connectivity index (χ4n) is 1.49. The zero-order chi connectivity index (χ0) is 15.2. The highest BCUT2D eigenvalue weighted by atomic mass is 32.1. The molecule has 0 saturated carbocycles. The first-order valence-electron chi connectivity index (χ1n) is 5.98. The van der Waals surface area contributed by atoms with Gasteiger partial charge in [-0.2, -0.15) is 0 Å². The Kier molecular flexibility index (Phi) is 4.78. The molecule has 0 aliphatic heterocycles. The first-order chi connectivity index (χ1) is 10.0. The number of hydrogen-bond acceptors (Lipinski definition) is 4. The summed E-state index contributed by atoms with van der Waals surface area (Å²) in [5.74, 6) is -0.0965. The van der Waals surface area contributed by atoms with Crippen molar-refractivity contribution in [3.05, 3.63) is 54.0 Å². The lowest BCUT2D eigenvalue weighted by Gasteiger charge is -2.07. The van der Waals surface area contributed by atoms with E-state index in [9.17, 15) is 9.18 Å². The maximum atomic E-state index is 12.7. The van der Waals surface area contributed by atoms with Crippen molar-refractivity contribution in [2.45, 2.75) is 0 Å². The van der Waals surface area contributed by atoms with Crippen molar-refractivity contribution >= 4 is 28.9 Å². The Bertz CT molecular complexity index is 644. The van der Waals surface area contributed by atoms with Gasteiger partial charge in [0.15, 0.2) is 6.61 Å². The molecule has 0 radical (unpaired) electrons. The molecule has 0 aliphatic rings. The fourth-order valence-corrected chi connectivity index (χ4v) is 1.63. The van der Waals surface area contributed by atoms with Crippen LogP contribution < -0.4 is 15.8 Å². The van der Waals surface area contributed by atoms with E-state index in [0.717, 1.165) is 11.8 Å². The summed E-state index contributed by atoms with van der Waals surface area (Å²) < 4.78 is 18.0. The quantitative estimate of drug-likeness (QED) is 0.825. The van der Waals surface area contributed by atoms with Crippen molar-refractivity contribution < 1.29 is 13.9 Å². The van der Waals surface area contributed by atoms with Crippen molar-refractivity contribution in [2.24, 2.45) is 5.73 Å². The van der Waals surface area contributed by atoms with Gasteiger partial charge in [-0.25, -0.2) is 9.37 Å². The monoisotopic (exact) mass is 305 g/mol. The van der Waals surface area contributed by atoms with Crippen molar-refractivity contribution in [2.75, 3.05) is 11.9 Å². The Hall–Kier alpha value is -2.54. The molecule has 0 spiro atoms. The molecule has 0 fully saturated rings. The molecule has 1 aromatic heterocycles. The number of aromatic nitrogens is 1. The van der Waals surface area contributed by atoms with Crippen molar-refractivity contribution in [1.82, 2.24) is 4.98 Å². The van der Waals surface area contributed by atoms with E-state index in [2.05, 4.69) is 10.3 Å². The van der Waals surface area contributed by atoms with Gasteiger partial charge >= 0.3 is 0 Å². The third kappa shape index (κ3) is 4.50. The van der Waals surface area contributed by atoms with Crippen LogP contribution >= 0.6 is 12.2 Å². The van der Waals surface area contributed by atoms with Gasteiger partial charge in [-0.3, -0.25) is 4.79 Å². The molecule has 0 aliphatic carbocycles. The number of hydrogen-bond donors (Lipinski definition) is 2. The summed E-state index contributed by atoms with van der Waals surface area (Å²) in [7, 11) is 0. The number of nitrogens with two attached hydrogens (primary N) is 1. The summed E-state index contributed by atoms with van der Waals surface area (Å²) in [6.45, 7) is -0.189. The minimum absolute atomic E-state index is 0.189. The molecule has 2 aromatic rings. The first-order valence-corrected chi connectivity index (χ1v) is 6.39. The Morgan fingerprint density at radius 3 is 2.57 bits per heavy atom. The summed E-state index contributed by atoms with van der Waals surface area (Å²) in [4.78, 5) is 15.6. The van der Waals surface area contributed by atoms with Crippen LogP contribution in [-0.4, -0.2) is 22.5 Å². The van der Waals surface area contributed by atoms with Crippen molar-refractivity contribution in [1.29, 1.82) is 0 Å². The number of anilines is 1. The van der Waals surface area contributed by atoms with E-state index >= 15 is 0 Å². The number of thiocarbonyl (C=S) groups is 1. The predicted octanol–water partition coefficient (Wildman–Crippen LogP) is 1.87. The molecule has 0 atom stereocenters. The van der Waals surface area contributed by atoms with Gasteiger partial charge in [0.05, 0.1) is 6.20 Å². The molecule has 21 heavy (non-hydrogen) atoms. The van der Waals surface area contributed by atoms with Gasteiger partial charge in [-0.1, -0.05) is 12.2 Å². The SMILES string of the molecule is NC(=S)c1ccc(OCC(=O)Nc2ccc(F)cn2)cc1. The van der Waals surface area contributed by atoms with Crippen LogP contribution in [0.1, 0.15) is 5.56 Å². The fraction of sp³-hybridized carbons (Fsp3) is 0.0714. The van der Waals surface area contributed by atoms with Crippen LogP contribution in [0.2, 0.25) is 0 Å². The van der Waals surface area contributed by atoms with Crippen molar-refractivity contribution in [3.63, 3.8) is 0 Å². The molecule has 1 heterocycles. The van der Waals surface area contributed by atoms with Crippen LogP contribution in [-0.2, 0) is 4.79 Å². The van der Waals surface area contributed by atoms with Crippen LogP contribution in [0.15, 0.2) is 42.6 Å². The zero-order valence-electron chi connectivity index (χ0n) is 10.9. The summed E-state index contributed by atoms with van der Waals surface area (Å²) in [6.07, 6.45) is 1.02. The average Bonchev–Trinajstić information content (AvgIpc) is 2.48. The number of pyridine rings is 1. The molecule has 108 valence electrons. The van der Waals surface area contributed by atoms with E-state index < -0.39 is 11.7 Å². The van der Waals surface area contributed by atoms with Crippen LogP contribution in [0.25, 0.3) is 0 Å². The number of halogens is 1. The molecule has 3 N–H and O–H groups in total. The summed E-state index contributed by atoms with van der Waals surface area (Å²) >= 11 is 4.83. The predicted molar refractivity (Wildman–Crippen MR) is 80.6 cm³/mol. The lowest BCUT2D eigenvalue weighted by atomic mass is 10.2. The van der Waals surface area contributed by atoms with E-state index in [1.165, 1.54) is 12.1 Å². The number of rotatable bonds is 5. The summed E-state index contributed by atoms with van der Waals surface area (Å²) in [5.41, 5.74) is 6.20. The number of carbonyl (C=O) groups is 1. The number of benzene rings is 1. The summed E-state index contributed by atoms with van der Waals surface area (Å²) in [6, 6.07) is 9.31. The molecule has 1 aromatic carbocycles. The molecule has 0 bridgehead atoms.